The Hall–Kier alpha value is -0.0800. The van der Waals surface area contributed by atoms with Crippen molar-refractivity contribution in [2.75, 3.05) is 31.8 Å². The molecule has 0 amide bonds. The fourth-order valence-corrected chi connectivity index (χ4v) is 4.30. The first-order valence-corrected chi connectivity index (χ1v) is 9.19. The van der Waals surface area contributed by atoms with E-state index in [0.29, 0.717) is 13.0 Å². The number of aliphatic hydroxyl groups is 1. The van der Waals surface area contributed by atoms with E-state index in [1.165, 1.54) is 0 Å². The molecule has 0 saturated carbocycles. The summed E-state index contributed by atoms with van der Waals surface area (Å²) in [5, 5.41) is 8.59. The average molecular weight is 322 g/mol. The number of ether oxygens (including phenoxy) is 2. The van der Waals surface area contributed by atoms with Crippen molar-refractivity contribution in [1.29, 1.82) is 0 Å². The molecule has 7 heteroatoms. The Morgan fingerprint density at radius 2 is 1.65 bits per heavy atom. The van der Waals surface area contributed by atoms with Crippen molar-refractivity contribution in [2.45, 2.75) is 37.9 Å². The predicted molar refractivity (Wildman–Crippen MR) is 81.0 cm³/mol. The Labute approximate surface area is 127 Å². The summed E-state index contributed by atoms with van der Waals surface area (Å²) < 4.78 is 11.1. The lowest BCUT2D eigenvalue weighted by Gasteiger charge is -2.29. The second-order valence-corrected chi connectivity index (χ2v) is 7.11. The molecular formula is C13H22O5S2. The molecule has 1 aliphatic heterocycles. The highest BCUT2D eigenvalue weighted by Crippen LogP contribution is 2.32. The van der Waals surface area contributed by atoms with Crippen LogP contribution in [0.3, 0.4) is 0 Å². The quantitative estimate of drug-likeness (QED) is 0.611. The molecule has 20 heavy (non-hydrogen) atoms. The van der Waals surface area contributed by atoms with E-state index in [1.807, 2.05) is 0 Å². The molecule has 1 saturated heterocycles. The van der Waals surface area contributed by atoms with Crippen LogP contribution in [0.5, 0.6) is 0 Å². The number of aliphatic hydroxyl groups excluding tert-OH is 1. The maximum Gasteiger partial charge on any atom is 0.135 e. The van der Waals surface area contributed by atoms with Crippen molar-refractivity contribution < 1.29 is 24.2 Å². The van der Waals surface area contributed by atoms with Crippen molar-refractivity contribution in [1.82, 2.24) is 0 Å². The lowest BCUT2D eigenvalue weighted by atomic mass is 10.1. The van der Waals surface area contributed by atoms with Gasteiger partial charge < -0.3 is 14.6 Å². The molecule has 5 nitrogen and oxygen atoms in total. The molecular weight excluding hydrogens is 300 g/mol. The van der Waals surface area contributed by atoms with Crippen LogP contribution in [0.4, 0.5) is 0 Å². The molecule has 1 aliphatic rings. The largest absolute Gasteiger partial charge is 0.396 e. The van der Waals surface area contributed by atoms with Gasteiger partial charge in [0.1, 0.15) is 11.6 Å². The van der Waals surface area contributed by atoms with Gasteiger partial charge in [-0.25, -0.2) is 0 Å². The molecule has 1 rings (SSSR count). The number of carbonyl (C=O) groups excluding carboxylic acids is 2. The maximum absolute atomic E-state index is 11.6. The molecule has 116 valence electrons. The number of hydrogen-bond donors (Lipinski definition) is 1. The number of hydrogen-bond acceptors (Lipinski definition) is 7. The van der Waals surface area contributed by atoms with Gasteiger partial charge in [0.05, 0.1) is 18.8 Å². The second kappa shape index (κ2) is 10.6. The summed E-state index contributed by atoms with van der Waals surface area (Å²) in [7, 11) is 5.21. The highest BCUT2D eigenvalue weighted by Gasteiger charge is 2.26. The predicted octanol–water partition coefficient (Wildman–Crippen LogP) is 1.47. The number of rotatable bonds is 10. The van der Waals surface area contributed by atoms with E-state index in [4.69, 9.17) is 14.6 Å². The van der Waals surface area contributed by atoms with Gasteiger partial charge in [-0.05, 0) is 0 Å². The fourth-order valence-electron chi connectivity index (χ4n) is 1.80. The van der Waals surface area contributed by atoms with E-state index in [9.17, 15) is 9.59 Å². The van der Waals surface area contributed by atoms with Crippen LogP contribution in [-0.2, 0) is 19.1 Å². The zero-order valence-electron chi connectivity index (χ0n) is 11.7. The third-order valence-electron chi connectivity index (χ3n) is 3.05. The summed E-state index contributed by atoms with van der Waals surface area (Å²) in [4.78, 5) is 22.8. The Balaban J connectivity index is 2.13. The number of carbonyl (C=O) groups is 2. The van der Waals surface area contributed by atoms with E-state index in [-0.39, 0.29) is 49.6 Å². The Kier molecular flexibility index (Phi) is 9.54. The van der Waals surface area contributed by atoms with Crippen LogP contribution in [0.15, 0.2) is 0 Å². The molecule has 1 N–H and O–H groups in total. The second-order valence-electron chi connectivity index (χ2n) is 4.55. The molecule has 0 aliphatic carbocycles. The minimum Gasteiger partial charge on any atom is -0.396 e. The van der Waals surface area contributed by atoms with Crippen LogP contribution in [0.25, 0.3) is 0 Å². The van der Waals surface area contributed by atoms with Crippen molar-refractivity contribution in [2.24, 2.45) is 0 Å². The lowest BCUT2D eigenvalue weighted by Crippen LogP contribution is -2.37. The van der Waals surface area contributed by atoms with E-state index < -0.39 is 0 Å². The van der Waals surface area contributed by atoms with E-state index in [0.717, 1.165) is 11.5 Å². The van der Waals surface area contributed by atoms with Crippen molar-refractivity contribution in [3.05, 3.63) is 0 Å². The topological polar surface area (TPSA) is 72.8 Å². The van der Waals surface area contributed by atoms with Gasteiger partial charge >= 0.3 is 0 Å². The van der Waals surface area contributed by atoms with Gasteiger partial charge in [0.25, 0.3) is 0 Å². The number of methoxy groups -OCH3 is 1. The summed E-state index contributed by atoms with van der Waals surface area (Å²) >= 11 is 0. The normalized spacial score (nSPS) is 22.7. The summed E-state index contributed by atoms with van der Waals surface area (Å²) in [5.41, 5.74) is 0. The monoisotopic (exact) mass is 322 g/mol. The minimum absolute atomic E-state index is 0.0306. The third-order valence-corrected chi connectivity index (χ3v) is 5.46. The highest BCUT2D eigenvalue weighted by atomic mass is 33.1. The third kappa shape index (κ3) is 7.08. The summed E-state index contributed by atoms with van der Waals surface area (Å²) in [6, 6.07) is 0. The van der Waals surface area contributed by atoms with Gasteiger partial charge in [0.15, 0.2) is 0 Å². The van der Waals surface area contributed by atoms with Crippen LogP contribution in [0.1, 0.15) is 25.7 Å². The molecule has 0 aromatic carbocycles. The van der Waals surface area contributed by atoms with Crippen LogP contribution >= 0.6 is 21.6 Å². The first kappa shape index (κ1) is 18.0. The maximum atomic E-state index is 11.6. The van der Waals surface area contributed by atoms with Gasteiger partial charge in [-0.3, -0.25) is 9.59 Å². The lowest BCUT2D eigenvalue weighted by molar-refractivity contribution is -0.125. The van der Waals surface area contributed by atoms with Crippen LogP contribution in [0, 0.1) is 0 Å². The number of Topliss-reactive ketones (excluding diaryl/α,β-unsaturated/α-hetero) is 2. The molecule has 0 spiro atoms. The highest BCUT2D eigenvalue weighted by molar-refractivity contribution is 8.76. The molecule has 1 fully saturated rings. The van der Waals surface area contributed by atoms with Crippen LogP contribution in [0.2, 0.25) is 0 Å². The molecule has 0 aromatic heterocycles. The Bertz CT molecular complexity index is 311. The van der Waals surface area contributed by atoms with Gasteiger partial charge in [-0.15, -0.1) is 0 Å². The fraction of sp³-hybridized carbons (Fsp3) is 0.846. The average Bonchev–Trinajstić information content (AvgIpc) is 2.46. The van der Waals surface area contributed by atoms with Crippen molar-refractivity contribution >= 4 is 33.2 Å². The number of ketones is 2. The standard InChI is InChI=1S/C13H22O5S2/c1-17-12-8-19-20-9-13(12)18-7-5-11(16)3-2-10(15)4-6-14/h12-14H,2-9H2,1H3. The Morgan fingerprint density at radius 1 is 1.05 bits per heavy atom. The molecule has 2 atom stereocenters. The smallest absolute Gasteiger partial charge is 0.135 e. The molecule has 1 heterocycles. The summed E-state index contributed by atoms with van der Waals surface area (Å²) in [6.45, 7) is 0.231. The molecule has 0 radical (unpaired) electrons. The summed E-state index contributed by atoms with van der Waals surface area (Å²) in [6.07, 6.45) is 1.05. The van der Waals surface area contributed by atoms with Gasteiger partial charge in [0.2, 0.25) is 0 Å². The SMILES string of the molecule is COC1CSSCC1OCCC(=O)CCC(=O)CCO. The van der Waals surface area contributed by atoms with Crippen LogP contribution in [-0.4, -0.2) is 60.7 Å². The van der Waals surface area contributed by atoms with Gasteiger partial charge in [0, 0.05) is 50.9 Å². The van der Waals surface area contributed by atoms with Crippen LogP contribution < -0.4 is 0 Å². The van der Waals surface area contributed by atoms with Gasteiger partial charge in [-0.1, -0.05) is 21.6 Å². The first-order valence-electron chi connectivity index (χ1n) is 6.70. The Morgan fingerprint density at radius 3 is 2.25 bits per heavy atom. The first-order chi connectivity index (χ1) is 9.67. The van der Waals surface area contributed by atoms with E-state index >= 15 is 0 Å². The summed E-state index contributed by atoms with van der Waals surface area (Å²) in [5.74, 6) is 1.73. The van der Waals surface area contributed by atoms with Gasteiger partial charge in [-0.2, -0.15) is 0 Å². The molecule has 0 bridgehead atoms. The minimum atomic E-state index is -0.147. The zero-order chi connectivity index (χ0) is 14.8. The molecule has 2 unspecified atom stereocenters. The zero-order valence-corrected chi connectivity index (χ0v) is 13.3. The van der Waals surface area contributed by atoms with E-state index in [2.05, 4.69) is 0 Å². The van der Waals surface area contributed by atoms with Crippen molar-refractivity contribution in [3.63, 3.8) is 0 Å². The van der Waals surface area contributed by atoms with E-state index in [1.54, 1.807) is 28.7 Å². The molecule has 0 aromatic rings. The van der Waals surface area contributed by atoms with Crippen molar-refractivity contribution in [3.8, 4) is 0 Å².